The molecule has 5 heteroatoms. The van der Waals surface area contributed by atoms with Crippen molar-refractivity contribution in [3.8, 4) is 0 Å². The van der Waals surface area contributed by atoms with Gasteiger partial charge in [0.2, 0.25) is 5.91 Å². The number of nitrogens with one attached hydrogen (secondary N) is 1. The lowest BCUT2D eigenvalue weighted by Crippen LogP contribution is -2.43. The highest BCUT2D eigenvalue weighted by Crippen LogP contribution is 2.24. The van der Waals surface area contributed by atoms with E-state index < -0.39 is 0 Å². The van der Waals surface area contributed by atoms with E-state index in [4.69, 9.17) is 0 Å². The number of benzene rings is 1. The van der Waals surface area contributed by atoms with E-state index in [2.05, 4.69) is 16.8 Å². The molecule has 0 saturated carbocycles. The predicted molar refractivity (Wildman–Crippen MR) is 88.9 cm³/mol. The molecule has 3 rings (SSSR count). The molecule has 0 saturated heterocycles. The zero-order valence-corrected chi connectivity index (χ0v) is 13.4. The van der Waals surface area contributed by atoms with E-state index in [9.17, 15) is 9.90 Å². The number of aliphatic hydroxyl groups is 1. The molecule has 0 spiro atoms. The number of nitrogens with zero attached hydrogens (tertiary/aromatic N) is 1. The number of amides is 1. The van der Waals surface area contributed by atoms with Crippen LogP contribution in [0.25, 0.3) is 0 Å². The molecule has 4 nitrogen and oxygen atoms in total. The van der Waals surface area contributed by atoms with E-state index in [0.717, 1.165) is 24.2 Å². The molecule has 0 fully saturated rings. The SMILES string of the molecule is C[C@H](Nc1cccc(CO)c1)C(=O)N1CCc2sccc2C1. The standard InChI is InChI=1S/C17H20N2O2S/c1-12(18-15-4-2-3-13(9-15)11-20)17(21)19-7-5-16-14(10-19)6-8-22-16/h2-4,6,8-9,12,18,20H,5,7,10-11H2,1H3/t12-/m0/s1. The number of hydrogen-bond acceptors (Lipinski definition) is 4. The third-order valence-corrected chi connectivity index (χ3v) is 5.01. The number of hydrogen-bond donors (Lipinski definition) is 2. The van der Waals surface area contributed by atoms with Gasteiger partial charge in [0, 0.05) is 23.7 Å². The quantitative estimate of drug-likeness (QED) is 0.912. The summed E-state index contributed by atoms with van der Waals surface area (Å²) in [6, 6.07) is 9.36. The van der Waals surface area contributed by atoms with Crippen molar-refractivity contribution in [1.82, 2.24) is 4.90 Å². The van der Waals surface area contributed by atoms with Crippen LogP contribution in [0, 0.1) is 0 Å². The van der Waals surface area contributed by atoms with Crippen LogP contribution >= 0.6 is 11.3 Å². The van der Waals surface area contributed by atoms with Crippen LogP contribution in [0.4, 0.5) is 5.69 Å². The van der Waals surface area contributed by atoms with Gasteiger partial charge in [0.15, 0.2) is 0 Å². The van der Waals surface area contributed by atoms with E-state index in [-0.39, 0.29) is 18.6 Å². The molecule has 0 aliphatic carbocycles. The zero-order valence-electron chi connectivity index (χ0n) is 12.6. The number of carbonyl (C=O) groups is 1. The Balaban J connectivity index is 1.65. The summed E-state index contributed by atoms with van der Waals surface area (Å²) < 4.78 is 0. The molecular weight excluding hydrogens is 296 g/mol. The number of anilines is 1. The second kappa shape index (κ2) is 6.50. The molecule has 2 heterocycles. The van der Waals surface area contributed by atoms with E-state index in [0.29, 0.717) is 6.54 Å². The maximum atomic E-state index is 12.6. The molecule has 0 unspecified atom stereocenters. The van der Waals surface area contributed by atoms with Gasteiger partial charge in [-0.25, -0.2) is 0 Å². The summed E-state index contributed by atoms with van der Waals surface area (Å²) in [7, 11) is 0. The Morgan fingerprint density at radius 3 is 3.14 bits per heavy atom. The highest BCUT2D eigenvalue weighted by atomic mass is 32.1. The third-order valence-electron chi connectivity index (χ3n) is 3.98. The van der Waals surface area contributed by atoms with Crippen LogP contribution in [0.5, 0.6) is 0 Å². The number of carbonyl (C=O) groups excluding carboxylic acids is 1. The average Bonchev–Trinajstić information content (AvgIpc) is 3.01. The Morgan fingerprint density at radius 1 is 1.45 bits per heavy atom. The molecule has 2 aromatic rings. The van der Waals surface area contributed by atoms with Crippen molar-refractivity contribution in [2.24, 2.45) is 0 Å². The molecule has 1 aromatic carbocycles. The summed E-state index contributed by atoms with van der Waals surface area (Å²) in [6.07, 6.45) is 0.950. The number of fused-ring (bicyclic) bond motifs is 1. The van der Waals surface area contributed by atoms with E-state index in [1.807, 2.05) is 36.1 Å². The lowest BCUT2D eigenvalue weighted by atomic mass is 10.1. The van der Waals surface area contributed by atoms with Gasteiger partial charge in [0.05, 0.1) is 6.61 Å². The zero-order chi connectivity index (χ0) is 15.5. The molecule has 1 atom stereocenters. The Bertz CT molecular complexity index is 668. The first-order valence-corrected chi connectivity index (χ1v) is 8.35. The minimum Gasteiger partial charge on any atom is -0.392 e. The van der Waals surface area contributed by atoms with Crippen molar-refractivity contribution in [1.29, 1.82) is 0 Å². The number of aliphatic hydroxyl groups excluding tert-OH is 1. The molecule has 116 valence electrons. The van der Waals surface area contributed by atoms with Gasteiger partial charge >= 0.3 is 0 Å². The van der Waals surface area contributed by atoms with Crippen molar-refractivity contribution >= 4 is 22.9 Å². The topological polar surface area (TPSA) is 52.6 Å². The Hall–Kier alpha value is -1.85. The molecule has 0 bridgehead atoms. The molecule has 1 aliphatic rings. The minimum atomic E-state index is -0.283. The maximum absolute atomic E-state index is 12.6. The summed E-state index contributed by atoms with van der Waals surface area (Å²) in [5.74, 6) is 0.117. The van der Waals surface area contributed by atoms with Crippen LogP contribution in [-0.4, -0.2) is 28.5 Å². The highest BCUT2D eigenvalue weighted by Gasteiger charge is 2.25. The first-order valence-electron chi connectivity index (χ1n) is 7.47. The highest BCUT2D eigenvalue weighted by molar-refractivity contribution is 7.10. The summed E-state index contributed by atoms with van der Waals surface area (Å²) in [5, 5.41) is 14.5. The minimum absolute atomic E-state index is 0.00487. The van der Waals surface area contributed by atoms with Crippen molar-refractivity contribution in [3.63, 3.8) is 0 Å². The summed E-state index contributed by atoms with van der Waals surface area (Å²) in [4.78, 5) is 15.9. The van der Waals surface area contributed by atoms with Gasteiger partial charge in [-0.1, -0.05) is 12.1 Å². The molecule has 2 N–H and O–H groups in total. The van der Waals surface area contributed by atoms with Gasteiger partial charge in [-0.15, -0.1) is 11.3 Å². The van der Waals surface area contributed by atoms with Gasteiger partial charge in [-0.05, 0) is 48.1 Å². The Morgan fingerprint density at radius 2 is 2.32 bits per heavy atom. The van der Waals surface area contributed by atoms with Crippen LogP contribution < -0.4 is 5.32 Å². The third kappa shape index (κ3) is 3.15. The normalized spacial score (nSPS) is 15.3. The largest absolute Gasteiger partial charge is 0.392 e. The monoisotopic (exact) mass is 316 g/mol. The molecular formula is C17H20N2O2S. The lowest BCUT2D eigenvalue weighted by Gasteiger charge is -2.30. The van der Waals surface area contributed by atoms with Gasteiger partial charge in [-0.3, -0.25) is 4.79 Å². The molecule has 1 amide bonds. The summed E-state index contributed by atoms with van der Waals surface area (Å²) in [5.41, 5.74) is 2.98. The fourth-order valence-electron chi connectivity index (χ4n) is 2.78. The van der Waals surface area contributed by atoms with Gasteiger partial charge in [-0.2, -0.15) is 0 Å². The molecule has 0 radical (unpaired) electrons. The smallest absolute Gasteiger partial charge is 0.245 e. The number of rotatable bonds is 4. The van der Waals surface area contributed by atoms with E-state index in [1.54, 1.807) is 11.3 Å². The summed E-state index contributed by atoms with van der Waals surface area (Å²) >= 11 is 1.78. The fraction of sp³-hybridized carbons (Fsp3) is 0.353. The fourth-order valence-corrected chi connectivity index (χ4v) is 3.67. The Kier molecular flexibility index (Phi) is 4.45. The van der Waals surface area contributed by atoms with Gasteiger partial charge in [0.25, 0.3) is 0 Å². The summed E-state index contributed by atoms with van der Waals surface area (Å²) in [6.45, 7) is 3.39. The maximum Gasteiger partial charge on any atom is 0.245 e. The van der Waals surface area contributed by atoms with Gasteiger partial charge in [0.1, 0.15) is 6.04 Å². The van der Waals surface area contributed by atoms with Crippen LogP contribution in [0.15, 0.2) is 35.7 Å². The van der Waals surface area contributed by atoms with Crippen LogP contribution in [0.3, 0.4) is 0 Å². The first kappa shape index (κ1) is 15.1. The first-order chi connectivity index (χ1) is 10.7. The van der Waals surface area contributed by atoms with Gasteiger partial charge < -0.3 is 15.3 Å². The van der Waals surface area contributed by atoms with Crippen molar-refractivity contribution < 1.29 is 9.90 Å². The van der Waals surface area contributed by atoms with E-state index >= 15 is 0 Å². The second-order valence-electron chi connectivity index (χ2n) is 5.60. The predicted octanol–water partition coefficient (Wildman–Crippen LogP) is 2.63. The van der Waals surface area contributed by atoms with E-state index in [1.165, 1.54) is 10.4 Å². The van der Waals surface area contributed by atoms with Crippen LogP contribution in [-0.2, 0) is 24.4 Å². The van der Waals surface area contributed by atoms with Crippen LogP contribution in [0.2, 0.25) is 0 Å². The molecule has 1 aromatic heterocycles. The van der Waals surface area contributed by atoms with Crippen molar-refractivity contribution in [3.05, 3.63) is 51.7 Å². The number of thiophene rings is 1. The average molecular weight is 316 g/mol. The lowest BCUT2D eigenvalue weighted by molar-refractivity contribution is -0.132. The molecule has 22 heavy (non-hydrogen) atoms. The second-order valence-corrected chi connectivity index (χ2v) is 6.60. The Labute approximate surface area is 134 Å². The van der Waals surface area contributed by atoms with Crippen molar-refractivity contribution in [2.75, 3.05) is 11.9 Å². The van der Waals surface area contributed by atoms with Crippen molar-refractivity contribution in [2.45, 2.75) is 32.5 Å². The molecule has 1 aliphatic heterocycles. The van der Waals surface area contributed by atoms with Crippen LogP contribution in [0.1, 0.15) is 22.9 Å².